The first-order valence-corrected chi connectivity index (χ1v) is 10.6. The predicted octanol–water partition coefficient (Wildman–Crippen LogP) is 7.07. The second-order valence-electron chi connectivity index (χ2n) is 7.01. The first kappa shape index (κ1) is 22.2. The van der Waals surface area contributed by atoms with E-state index in [2.05, 4.69) is 48.2 Å². The molecule has 3 aromatic carbocycles. The van der Waals surface area contributed by atoms with E-state index in [1.807, 2.05) is 56.3 Å². The van der Waals surface area contributed by atoms with E-state index in [1.54, 1.807) is 6.92 Å². The van der Waals surface area contributed by atoms with Crippen LogP contribution in [0.5, 0.6) is 5.75 Å². The average molecular weight is 416 g/mol. The van der Waals surface area contributed by atoms with Crippen LogP contribution in [0.15, 0.2) is 72.8 Å². The van der Waals surface area contributed by atoms with Crippen molar-refractivity contribution >= 4 is 29.1 Å². The van der Waals surface area contributed by atoms with E-state index in [-0.39, 0.29) is 0 Å². The van der Waals surface area contributed by atoms with Crippen molar-refractivity contribution in [3.8, 4) is 5.75 Å². The van der Waals surface area contributed by atoms with Crippen molar-refractivity contribution in [1.82, 2.24) is 0 Å². The molecular weight excluding hydrogens is 386 g/mol. The molecule has 3 aromatic rings. The van der Waals surface area contributed by atoms with Gasteiger partial charge in [0.15, 0.2) is 0 Å². The number of rotatable bonds is 8. The van der Waals surface area contributed by atoms with Gasteiger partial charge in [-0.15, -0.1) is 0 Å². The van der Waals surface area contributed by atoms with Gasteiger partial charge in [0.2, 0.25) is 0 Å². The SMILES string of the molecule is C/C=C\c1c(C)cccc1N(c1ccccc1)c1ccc(OCC)c(C(=O)OCC)c1. The van der Waals surface area contributed by atoms with Crippen molar-refractivity contribution in [1.29, 1.82) is 0 Å². The second kappa shape index (κ2) is 10.5. The summed E-state index contributed by atoms with van der Waals surface area (Å²) in [6.07, 6.45) is 4.15. The lowest BCUT2D eigenvalue weighted by atomic mass is 10.0. The number of aryl methyl sites for hydroxylation is 1. The Hall–Kier alpha value is -3.53. The predicted molar refractivity (Wildman–Crippen MR) is 128 cm³/mol. The van der Waals surface area contributed by atoms with Crippen LogP contribution < -0.4 is 9.64 Å². The minimum atomic E-state index is -0.390. The van der Waals surface area contributed by atoms with Crippen molar-refractivity contribution in [3.63, 3.8) is 0 Å². The van der Waals surface area contributed by atoms with Crippen LogP contribution in [0.3, 0.4) is 0 Å². The molecule has 0 atom stereocenters. The summed E-state index contributed by atoms with van der Waals surface area (Å²) in [4.78, 5) is 14.8. The zero-order valence-electron chi connectivity index (χ0n) is 18.6. The Balaban J connectivity index is 2.24. The molecular formula is C27H29NO3. The Morgan fingerprint density at radius 1 is 0.935 bits per heavy atom. The molecule has 0 spiro atoms. The maximum atomic E-state index is 12.7. The summed E-state index contributed by atoms with van der Waals surface area (Å²) in [6, 6.07) is 22.0. The fourth-order valence-corrected chi connectivity index (χ4v) is 3.55. The summed E-state index contributed by atoms with van der Waals surface area (Å²) in [5.74, 6) is 0.134. The summed E-state index contributed by atoms with van der Waals surface area (Å²) in [5.41, 5.74) is 5.60. The molecule has 0 aromatic heterocycles. The standard InChI is InChI=1S/C27H29NO3/c1-5-12-23-20(4)13-11-16-25(23)28(21-14-9-8-10-15-21)22-17-18-26(30-6-2)24(19-22)27(29)31-7-3/h5,8-19H,6-7H2,1-4H3/b12-5-. The molecule has 0 amide bonds. The van der Waals surface area contributed by atoms with Gasteiger partial charge >= 0.3 is 5.97 Å². The molecule has 31 heavy (non-hydrogen) atoms. The number of carbonyl (C=O) groups excluding carboxylic acids is 1. The van der Waals surface area contributed by atoms with E-state index < -0.39 is 5.97 Å². The second-order valence-corrected chi connectivity index (χ2v) is 7.01. The molecule has 0 aliphatic rings. The third kappa shape index (κ3) is 4.97. The highest BCUT2D eigenvalue weighted by Gasteiger charge is 2.20. The van der Waals surface area contributed by atoms with Gasteiger partial charge in [0.1, 0.15) is 11.3 Å². The number of para-hydroxylation sites is 1. The molecule has 0 bridgehead atoms. The minimum absolute atomic E-state index is 0.306. The summed E-state index contributed by atoms with van der Waals surface area (Å²) < 4.78 is 11.0. The fourth-order valence-electron chi connectivity index (χ4n) is 3.55. The number of anilines is 3. The van der Waals surface area contributed by atoms with E-state index in [4.69, 9.17) is 9.47 Å². The van der Waals surface area contributed by atoms with Gasteiger partial charge in [-0.25, -0.2) is 4.79 Å². The van der Waals surface area contributed by atoms with Crippen LogP contribution in [0, 0.1) is 6.92 Å². The largest absolute Gasteiger partial charge is 0.493 e. The maximum Gasteiger partial charge on any atom is 0.341 e. The number of allylic oxidation sites excluding steroid dienone is 1. The maximum absolute atomic E-state index is 12.7. The van der Waals surface area contributed by atoms with Gasteiger partial charge in [-0.3, -0.25) is 0 Å². The molecule has 0 N–H and O–H groups in total. The average Bonchev–Trinajstić information content (AvgIpc) is 2.78. The zero-order valence-corrected chi connectivity index (χ0v) is 18.6. The molecule has 4 nitrogen and oxygen atoms in total. The molecule has 0 saturated carbocycles. The van der Waals surface area contributed by atoms with Crippen molar-refractivity contribution in [2.24, 2.45) is 0 Å². The third-order valence-corrected chi connectivity index (χ3v) is 4.91. The van der Waals surface area contributed by atoms with Crippen LogP contribution in [0.2, 0.25) is 0 Å². The lowest BCUT2D eigenvalue weighted by molar-refractivity contribution is 0.0522. The Morgan fingerprint density at radius 3 is 2.39 bits per heavy atom. The van der Waals surface area contributed by atoms with E-state index in [9.17, 15) is 4.79 Å². The minimum Gasteiger partial charge on any atom is -0.493 e. The molecule has 0 aliphatic heterocycles. The van der Waals surface area contributed by atoms with Crippen LogP contribution in [0.4, 0.5) is 17.1 Å². The Bertz CT molecular complexity index is 1060. The van der Waals surface area contributed by atoms with Gasteiger partial charge in [-0.1, -0.05) is 42.5 Å². The summed E-state index contributed by atoms with van der Waals surface area (Å²) >= 11 is 0. The normalized spacial score (nSPS) is 10.8. The number of nitrogens with zero attached hydrogens (tertiary/aromatic N) is 1. The van der Waals surface area contributed by atoms with Crippen molar-refractivity contribution < 1.29 is 14.3 Å². The summed E-state index contributed by atoms with van der Waals surface area (Å²) in [6.45, 7) is 8.59. The van der Waals surface area contributed by atoms with Gasteiger partial charge in [0.25, 0.3) is 0 Å². The van der Waals surface area contributed by atoms with Gasteiger partial charge in [-0.05, 0) is 69.7 Å². The first-order chi connectivity index (χ1) is 15.1. The highest BCUT2D eigenvalue weighted by atomic mass is 16.5. The highest BCUT2D eigenvalue weighted by molar-refractivity contribution is 5.95. The molecule has 0 heterocycles. The van der Waals surface area contributed by atoms with Gasteiger partial charge in [0.05, 0.1) is 18.9 Å². The van der Waals surface area contributed by atoms with E-state index in [0.29, 0.717) is 24.5 Å². The number of hydrogen-bond donors (Lipinski definition) is 0. The number of ether oxygens (including phenoxy) is 2. The third-order valence-electron chi connectivity index (χ3n) is 4.91. The van der Waals surface area contributed by atoms with Crippen LogP contribution in [0.25, 0.3) is 6.08 Å². The number of benzene rings is 3. The molecule has 0 saturated heterocycles. The number of carbonyl (C=O) groups is 1. The van der Waals surface area contributed by atoms with Gasteiger partial charge in [-0.2, -0.15) is 0 Å². The van der Waals surface area contributed by atoms with E-state index >= 15 is 0 Å². The van der Waals surface area contributed by atoms with Gasteiger partial charge < -0.3 is 14.4 Å². The number of hydrogen-bond acceptors (Lipinski definition) is 4. The van der Waals surface area contributed by atoms with Crippen molar-refractivity contribution in [2.45, 2.75) is 27.7 Å². The Labute approximate surface area is 184 Å². The van der Waals surface area contributed by atoms with Crippen molar-refractivity contribution in [3.05, 3.63) is 89.5 Å². The number of esters is 1. The first-order valence-electron chi connectivity index (χ1n) is 10.6. The molecule has 0 aliphatic carbocycles. The zero-order chi connectivity index (χ0) is 22.2. The molecule has 160 valence electrons. The van der Waals surface area contributed by atoms with Crippen LogP contribution in [0.1, 0.15) is 42.3 Å². The van der Waals surface area contributed by atoms with Crippen molar-refractivity contribution in [2.75, 3.05) is 18.1 Å². The smallest absolute Gasteiger partial charge is 0.341 e. The van der Waals surface area contributed by atoms with Gasteiger partial charge in [0, 0.05) is 16.9 Å². The van der Waals surface area contributed by atoms with E-state index in [1.165, 1.54) is 5.56 Å². The fraction of sp³-hybridized carbons (Fsp3) is 0.222. The highest BCUT2D eigenvalue weighted by Crippen LogP contribution is 2.39. The summed E-state index contributed by atoms with van der Waals surface area (Å²) in [5, 5.41) is 0. The molecule has 0 fully saturated rings. The van der Waals surface area contributed by atoms with Crippen LogP contribution in [-0.4, -0.2) is 19.2 Å². The molecule has 3 rings (SSSR count). The topological polar surface area (TPSA) is 38.8 Å². The molecule has 4 heteroatoms. The van der Waals surface area contributed by atoms with E-state index in [0.717, 1.165) is 22.6 Å². The monoisotopic (exact) mass is 415 g/mol. The van der Waals surface area contributed by atoms with Crippen LogP contribution >= 0.6 is 0 Å². The van der Waals surface area contributed by atoms with Crippen LogP contribution in [-0.2, 0) is 4.74 Å². The lowest BCUT2D eigenvalue weighted by Gasteiger charge is -2.28. The lowest BCUT2D eigenvalue weighted by Crippen LogP contribution is -2.14. The quantitative estimate of drug-likeness (QED) is 0.369. The Morgan fingerprint density at radius 2 is 1.71 bits per heavy atom. The molecule has 0 radical (unpaired) electrons. The summed E-state index contributed by atoms with van der Waals surface area (Å²) in [7, 11) is 0. The Kier molecular flexibility index (Phi) is 7.50. The molecule has 0 unspecified atom stereocenters.